The number of nitrogens with one attached hydrogen (secondary N) is 3. The molecule has 4 rings (SSSR count). The van der Waals surface area contributed by atoms with Crippen LogP contribution in [0.25, 0.3) is 0 Å². The fourth-order valence-electron chi connectivity index (χ4n) is 4.14. The van der Waals surface area contributed by atoms with Crippen LogP contribution < -0.4 is 16.0 Å². The lowest BCUT2D eigenvalue weighted by molar-refractivity contribution is 0.0927. The van der Waals surface area contributed by atoms with E-state index in [1.54, 1.807) is 30.3 Å². The quantitative estimate of drug-likeness (QED) is 0.675. The Bertz CT molecular complexity index is 839. The third-order valence-electron chi connectivity index (χ3n) is 5.83. The molecule has 162 valence electrons. The zero-order valence-electron chi connectivity index (χ0n) is 17.1. The smallest absolute Gasteiger partial charge is 0.276 e. The van der Waals surface area contributed by atoms with Crippen LogP contribution in [0.5, 0.6) is 0 Å². The molecule has 1 aliphatic heterocycles. The van der Waals surface area contributed by atoms with Gasteiger partial charge in [0.15, 0.2) is 5.69 Å². The summed E-state index contributed by atoms with van der Waals surface area (Å²) in [6.45, 7) is 1.92. The van der Waals surface area contributed by atoms with Gasteiger partial charge in [-0.1, -0.05) is 19.3 Å². The molecule has 1 aromatic heterocycles. The second-order valence-electron chi connectivity index (χ2n) is 8.02. The van der Waals surface area contributed by atoms with Crippen molar-refractivity contribution in [2.75, 3.05) is 18.4 Å². The lowest BCUT2D eigenvalue weighted by atomic mass is 9.95. The topological polar surface area (TPSA) is 88.0 Å². The summed E-state index contributed by atoms with van der Waals surface area (Å²) in [7, 11) is 0. The number of halogens is 1. The summed E-state index contributed by atoms with van der Waals surface area (Å²) in [4.78, 5) is 24.9. The van der Waals surface area contributed by atoms with E-state index >= 15 is 0 Å². The number of benzene rings is 1. The zero-order chi connectivity index (χ0) is 20.1. The molecule has 2 aromatic rings. The van der Waals surface area contributed by atoms with E-state index in [-0.39, 0.29) is 30.3 Å². The molecule has 1 unspecified atom stereocenters. The molecule has 0 spiro atoms. The van der Waals surface area contributed by atoms with Gasteiger partial charge in [0, 0.05) is 30.0 Å². The minimum absolute atomic E-state index is 0. The normalized spacial score (nSPS) is 19.5. The summed E-state index contributed by atoms with van der Waals surface area (Å²) in [5.74, 6) is -0.290. The molecule has 8 heteroatoms. The molecular weight excluding hydrogens is 402 g/mol. The first-order valence-corrected chi connectivity index (χ1v) is 10.7. The zero-order valence-corrected chi connectivity index (χ0v) is 17.9. The van der Waals surface area contributed by atoms with Crippen molar-refractivity contribution in [1.29, 1.82) is 0 Å². The molecule has 2 fully saturated rings. The van der Waals surface area contributed by atoms with Crippen LogP contribution in [0, 0.1) is 0 Å². The number of anilines is 1. The summed E-state index contributed by atoms with van der Waals surface area (Å²) in [6, 6.07) is 9.35. The second-order valence-corrected chi connectivity index (χ2v) is 8.02. The van der Waals surface area contributed by atoms with Crippen LogP contribution in [0.1, 0.15) is 71.8 Å². The number of hydrogen-bond donors (Lipinski definition) is 3. The summed E-state index contributed by atoms with van der Waals surface area (Å²) in [5.41, 5.74) is 1.66. The Morgan fingerprint density at radius 3 is 2.43 bits per heavy atom. The molecule has 1 saturated heterocycles. The van der Waals surface area contributed by atoms with Gasteiger partial charge in [-0.25, -0.2) is 0 Å². The summed E-state index contributed by atoms with van der Waals surface area (Å²) in [5, 5.41) is 13.8. The van der Waals surface area contributed by atoms with Crippen molar-refractivity contribution in [2.45, 2.75) is 57.0 Å². The van der Waals surface area contributed by atoms with Crippen molar-refractivity contribution in [2.24, 2.45) is 0 Å². The van der Waals surface area contributed by atoms with Crippen LogP contribution in [-0.4, -0.2) is 40.7 Å². The standard InChI is InChI=1S/C22H29N5O2.ClH/c28-21(24-17-5-2-1-3-6-17)16-8-10-18(11-9-16)25-22(29)20-12-14-27(26-20)19-7-4-13-23-15-19;/h8-12,14,17,19,23H,1-7,13,15H2,(H,24,28)(H,25,29);1H. The number of aromatic nitrogens is 2. The van der Waals surface area contributed by atoms with E-state index in [0.717, 1.165) is 38.8 Å². The van der Waals surface area contributed by atoms with Gasteiger partial charge in [-0.05, 0) is 62.6 Å². The molecule has 1 atom stereocenters. The first kappa shape index (κ1) is 22.3. The lowest BCUT2D eigenvalue weighted by Crippen LogP contribution is -2.36. The van der Waals surface area contributed by atoms with Crippen molar-refractivity contribution >= 4 is 29.9 Å². The minimum atomic E-state index is -0.244. The maximum atomic E-state index is 12.5. The first-order valence-electron chi connectivity index (χ1n) is 10.7. The number of amides is 2. The van der Waals surface area contributed by atoms with E-state index in [0.29, 0.717) is 23.0 Å². The van der Waals surface area contributed by atoms with Crippen LogP contribution in [0.3, 0.4) is 0 Å². The third-order valence-corrected chi connectivity index (χ3v) is 5.83. The Kier molecular flexibility index (Phi) is 7.87. The molecule has 0 bridgehead atoms. The predicted molar refractivity (Wildman–Crippen MR) is 119 cm³/mol. The number of carbonyl (C=O) groups is 2. The average molecular weight is 432 g/mol. The lowest BCUT2D eigenvalue weighted by Gasteiger charge is -2.22. The van der Waals surface area contributed by atoms with Gasteiger partial charge in [-0.2, -0.15) is 5.10 Å². The SMILES string of the molecule is Cl.O=C(NC1CCCCC1)c1ccc(NC(=O)c2ccn(C3CCCNC3)n2)cc1. The van der Waals surface area contributed by atoms with Gasteiger partial charge in [0.05, 0.1) is 6.04 Å². The van der Waals surface area contributed by atoms with E-state index in [4.69, 9.17) is 0 Å². The fourth-order valence-corrected chi connectivity index (χ4v) is 4.14. The Hall–Kier alpha value is -2.38. The summed E-state index contributed by atoms with van der Waals surface area (Å²) >= 11 is 0. The van der Waals surface area contributed by atoms with Crippen molar-refractivity contribution in [3.05, 3.63) is 47.8 Å². The second kappa shape index (κ2) is 10.6. The van der Waals surface area contributed by atoms with Gasteiger partial charge in [0.25, 0.3) is 11.8 Å². The van der Waals surface area contributed by atoms with Gasteiger partial charge in [-0.15, -0.1) is 12.4 Å². The van der Waals surface area contributed by atoms with Crippen molar-refractivity contribution in [1.82, 2.24) is 20.4 Å². The Morgan fingerprint density at radius 1 is 0.967 bits per heavy atom. The van der Waals surface area contributed by atoms with Crippen LogP contribution in [0.4, 0.5) is 5.69 Å². The number of piperidine rings is 1. The summed E-state index contributed by atoms with van der Waals surface area (Å²) in [6.07, 6.45) is 9.80. The van der Waals surface area contributed by atoms with Crippen molar-refractivity contribution < 1.29 is 9.59 Å². The van der Waals surface area contributed by atoms with Crippen LogP contribution >= 0.6 is 12.4 Å². The Morgan fingerprint density at radius 2 is 1.73 bits per heavy atom. The molecule has 1 aromatic carbocycles. The fraction of sp³-hybridized carbons (Fsp3) is 0.500. The van der Waals surface area contributed by atoms with E-state index < -0.39 is 0 Å². The highest BCUT2D eigenvalue weighted by molar-refractivity contribution is 6.03. The first-order chi connectivity index (χ1) is 14.2. The molecule has 1 aliphatic carbocycles. The van der Waals surface area contributed by atoms with Gasteiger partial charge in [0.1, 0.15) is 0 Å². The maximum Gasteiger partial charge on any atom is 0.276 e. The van der Waals surface area contributed by atoms with Crippen molar-refractivity contribution in [3.63, 3.8) is 0 Å². The molecule has 2 heterocycles. The van der Waals surface area contributed by atoms with Crippen LogP contribution in [-0.2, 0) is 0 Å². The van der Waals surface area contributed by atoms with Gasteiger partial charge in [0.2, 0.25) is 0 Å². The molecule has 3 N–H and O–H groups in total. The molecule has 7 nitrogen and oxygen atoms in total. The van der Waals surface area contributed by atoms with Gasteiger partial charge < -0.3 is 16.0 Å². The largest absolute Gasteiger partial charge is 0.349 e. The highest BCUT2D eigenvalue weighted by Crippen LogP contribution is 2.19. The number of carbonyl (C=O) groups excluding carboxylic acids is 2. The van der Waals surface area contributed by atoms with E-state index in [1.807, 2.05) is 10.9 Å². The molecular formula is C22H30ClN5O2. The molecule has 2 amide bonds. The predicted octanol–water partition coefficient (Wildman–Crippen LogP) is 3.54. The van der Waals surface area contributed by atoms with Crippen LogP contribution in [0.15, 0.2) is 36.5 Å². The summed E-state index contributed by atoms with van der Waals surface area (Å²) < 4.78 is 1.87. The highest BCUT2D eigenvalue weighted by Gasteiger charge is 2.19. The van der Waals surface area contributed by atoms with Crippen LogP contribution in [0.2, 0.25) is 0 Å². The Balaban J connectivity index is 0.00000256. The number of rotatable bonds is 5. The molecule has 2 aliphatic rings. The third kappa shape index (κ3) is 5.61. The number of hydrogen-bond acceptors (Lipinski definition) is 4. The number of nitrogens with zero attached hydrogens (tertiary/aromatic N) is 2. The van der Waals surface area contributed by atoms with Gasteiger partial charge >= 0.3 is 0 Å². The minimum Gasteiger partial charge on any atom is -0.349 e. The average Bonchev–Trinajstić information content (AvgIpc) is 3.26. The van der Waals surface area contributed by atoms with Gasteiger partial charge in [-0.3, -0.25) is 14.3 Å². The van der Waals surface area contributed by atoms with E-state index in [1.165, 1.54) is 19.3 Å². The Labute approximate surface area is 183 Å². The monoisotopic (exact) mass is 431 g/mol. The highest BCUT2D eigenvalue weighted by atomic mass is 35.5. The molecule has 30 heavy (non-hydrogen) atoms. The van der Waals surface area contributed by atoms with Crippen molar-refractivity contribution in [3.8, 4) is 0 Å². The van der Waals surface area contributed by atoms with E-state index in [2.05, 4.69) is 21.0 Å². The molecule has 1 saturated carbocycles. The maximum absolute atomic E-state index is 12.5. The van der Waals surface area contributed by atoms with E-state index in [9.17, 15) is 9.59 Å². The molecule has 0 radical (unpaired) electrons.